The molecule has 11 nitrogen and oxygen atoms in total. The first-order valence-corrected chi connectivity index (χ1v) is 14.8. The van der Waals surface area contributed by atoms with Gasteiger partial charge in [-0.25, -0.2) is 14.6 Å². The lowest BCUT2D eigenvalue weighted by atomic mass is 10.1. The summed E-state index contributed by atoms with van der Waals surface area (Å²) in [6.07, 6.45) is 1.86. The van der Waals surface area contributed by atoms with E-state index < -0.39 is 11.7 Å². The predicted octanol–water partition coefficient (Wildman–Crippen LogP) is 5.50. The minimum atomic E-state index is -0.649. The van der Waals surface area contributed by atoms with Gasteiger partial charge in [-0.05, 0) is 57.0 Å². The second kappa shape index (κ2) is 14.8. The molecule has 2 heterocycles. The molecule has 0 saturated carbocycles. The fourth-order valence-electron chi connectivity index (χ4n) is 4.31. The number of para-hydroxylation sites is 2. The van der Waals surface area contributed by atoms with Crippen molar-refractivity contribution in [2.24, 2.45) is 0 Å². The van der Waals surface area contributed by atoms with Crippen molar-refractivity contribution in [2.45, 2.75) is 39.3 Å². The maximum absolute atomic E-state index is 13.1. The van der Waals surface area contributed by atoms with Gasteiger partial charge in [0, 0.05) is 49.9 Å². The Morgan fingerprint density at radius 1 is 1.00 bits per heavy atom. The summed E-state index contributed by atoms with van der Waals surface area (Å²) in [7, 11) is 0. The fourth-order valence-corrected chi connectivity index (χ4v) is 4.83. The molecule has 0 aliphatic carbocycles. The van der Waals surface area contributed by atoms with E-state index in [0.717, 1.165) is 44.8 Å². The van der Waals surface area contributed by atoms with E-state index >= 15 is 0 Å². The first-order chi connectivity index (χ1) is 20.2. The average Bonchev–Trinajstić information content (AvgIpc) is 3.46. The Labute approximate surface area is 250 Å². The molecule has 0 bridgehead atoms. The van der Waals surface area contributed by atoms with Crippen LogP contribution in [0.1, 0.15) is 43.1 Å². The molecule has 42 heavy (non-hydrogen) atoms. The van der Waals surface area contributed by atoms with E-state index in [1.807, 2.05) is 17.5 Å². The molecule has 1 saturated heterocycles. The zero-order chi connectivity index (χ0) is 30.0. The molecule has 0 atom stereocenters. The summed E-state index contributed by atoms with van der Waals surface area (Å²) >= 11 is 1.37. The SMILES string of the molecule is CC(C)(C)OC(=O)Nc1ccccc1NC(=O)c1ccc(CN(CCCN2CCOCC2)C(=O)Nc2nccs2)cc1. The summed E-state index contributed by atoms with van der Waals surface area (Å²) < 4.78 is 10.8. The third kappa shape index (κ3) is 9.82. The Balaban J connectivity index is 1.37. The molecule has 0 unspecified atom stereocenters. The van der Waals surface area contributed by atoms with Crippen molar-refractivity contribution in [3.05, 3.63) is 71.2 Å². The summed E-state index contributed by atoms with van der Waals surface area (Å²) in [6.45, 7) is 10.4. The van der Waals surface area contributed by atoms with Gasteiger partial charge in [-0.3, -0.25) is 20.3 Å². The van der Waals surface area contributed by atoms with Crippen molar-refractivity contribution in [1.82, 2.24) is 14.8 Å². The summed E-state index contributed by atoms with van der Waals surface area (Å²) in [5.41, 5.74) is 1.55. The molecule has 3 N–H and O–H groups in total. The van der Waals surface area contributed by atoms with E-state index in [9.17, 15) is 14.4 Å². The van der Waals surface area contributed by atoms with Gasteiger partial charge >= 0.3 is 12.1 Å². The Hall–Kier alpha value is -4.00. The third-order valence-corrected chi connectivity index (χ3v) is 7.03. The van der Waals surface area contributed by atoms with Gasteiger partial charge in [-0.1, -0.05) is 24.3 Å². The number of amides is 4. The van der Waals surface area contributed by atoms with Gasteiger partial charge in [0.1, 0.15) is 5.60 Å². The number of nitrogens with one attached hydrogen (secondary N) is 3. The van der Waals surface area contributed by atoms with Crippen LogP contribution in [0.4, 0.5) is 26.1 Å². The lowest BCUT2D eigenvalue weighted by Crippen LogP contribution is -2.40. The highest BCUT2D eigenvalue weighted by molar-refractivity contribution is 7.13. The number of carbonyl (C=O) groups is 3. The highest BCUT2D eigenvalue weighted by Gasteiger charge is 2.19. The monoisotopic (exact) mass is 594 g/mol. The maximum atomic E-state index is 13.1. The quantitative estimate of drug-likeness (QED) is 0.283. The number of hydrogen-bond donors (Lipinski definition) is 3. The number of thiazole rings is 1. The predicted molar refractivity (Wildman–Crippen MR) is 164 cm³/mol. The van der Waals surface area contributed by atoms with Crippen molar-refractivity contribution in [3.63, 3.8) is 0 Å². The fraction of sp³-hybridized carbons (Fsp3) is 0.400. The Morgan fingerprint density at radius 2 is 1.69 bits per heavy atom. The first kappa shape index (κ1) is 30.9. The first-order valence-electron chi connectivity index (χ1n) is 13.9. The van der Waals surface area contributed by atoms with Crippen LogP contribution in [0.25, 0.3) is 0 Å². The zero-order valence-electron chi connectivity index (χ0n) is 24.2. The normalized spacial score (nSPS) is 13.7. The van der Waals surface area contributed by atoms with Gasteiger partial charge in [0.2, 0.25) is 0 Å². The molecule has 1 fully saturated rings. The van der Waals surface area contributed by atoms with Gasteiger partial charge in [-0.2, -0.15) is 0 Å². The van der Waals surface area contributed by atoms with E-state index in [1.54, 1.807) is 68.3 Å². The topological polar surface area (TPSA) is 125 Å². The number of urea groups is 1. The van der Waals surface area contributed by atoms with E-state index in [2.05, 4.69) is 25.8 Å². The van der Waals surface area contributed by atoms with Gasteiger partial charge < -0.3 is 19.7 Å². The molecule has 3 aromatic rings. The molecule has 224 valence electrons. The number of nitrogens with zero attached hydrogens (tertiary/aromatic N) is 3. The smallest absolute Gasteiger partial charge is 0.412 e. The van der Waals surface area contributed by atoms with Crippen LogP contribution >= 0.6 is 11.3 Å². The number of anilines is 3. The number of aromatic nitrogens is 1. The molecule has 4 amide bonds. The van der Waals surface area contributed by atoms with Crippen molar-refractivity contribution in [1.29, 1.82) is 0 Å². The molecule has 0 spiro atoms. The lowest BCUT2D eigenvalue weighted by molar-refractivity contribution is 0.0365. The van der Waals surface area contributed by atoms with Gasteiger partial charge in [0.15, 0.2) is 5.13 Å². The minimum Gasteiger partial charge on any atom is -0.444 e. The second-order valence-corrected chi connectivity index (χ2v) is 11.7. The van der Waals surface area contributed by atoms with Crippen LogP contribution in [0.15, 0.2) is 60.1 Å². The zero-order valence-corrected chi connectivity index (χ0v) is 25.0. The Morgan fingerprint density at radius 3 is 2.33 bits per heavy atom. The van der Waals surface area contributed by atoms with Crippen LogP contribution in [-0.4, -0.2) is 77.8 Å². The summed E-state index contributed by atoms with van der Waals surface area (Å²) in [5.74, 6) is -0.330. The number of rotatable bonds is 10. The highest BCUT2D eigenvalue weighted by atomic mass is 32.1. The van der Waals surface area contributed by atoms with E-state index in [0.29, 0.717) is 35.2 Å². The van der Waals surface area contributed by atoms with Crippen molar-refractivity contribution in [2.75, 3.05) is 55.3 Å². The van der Waals surface area contributed by atoms with Crippen molar-refractivity contribution >= 4 is 45.9 Å². The summed E-state index contributed by atoms with van der Waals surface area (Å²) in [4.78, 5) is 46.7. The molecule has 1 aliphatic rings. The van der Waals surface area contributed by atoms with Crippen LogP contribution in [0.2, 0.25) is 0 Å². The Bertz CT molecular complexity index is 1320. The number of benzene rings is 2. The van der Waals surface area contributed by atoms with Crippen molar-refractivity contribution < 1.29 is 23.9 Å². The van der Waals surface area contributed by atoms with E-state index in [1.165, 1.54) is 11.3 Å². The highest BCUT2D eigenvalue weighted by Crippen LogP contribution is 2.23. The molecule has 2 aromatic carbocycles. The summed E-state index contributed by atoms with van der Waals surface area (Å²) in [6, 6.07) is 13.8. The molecular weight excluding hydrogens is 556 g/mol. The largest absolute Gasteiger partial charge is 0.444 e. The molecule has 1 aromatic heterocycles. The number of morpholine rings is 1. The number of hydrogen-bond acceptors (Lipinski definition) is 8. The lowest BCUT2D eigenvalue weighted by Gasteiger charge is -2.28. The van der Waals surface area contributed by atoms with Crippen molar-refractivity contribution in [3.8, 4) is 0 Å². The van der Waals surface area contributed by atoms with Crippen LogP contribution in [0.3, 0.4) is 0 Å². The molecule has 0 radical (unpaired) electrons. The van der Waals surface area contributed by atoms with Gasteiger partial charge in [0.25, 0.3) is 5.91 Å². The second-order valence-electron chi connectivity index (χ2n) is 10.8. The molecular formula is C30H38N6O5S. The minimum absolute atomic E-state index is 0.220. The number of ether oxygens (including phenoxy) is 2. The maximum Gasteiger partial charge on any atom is 0.412 e. The van der Waals surface area contributed by atoms with Gasteiger partial charge in [0.05, 0.1) is 24.6 Å². The van der Waals surface area contributed by atoms with Crippen LogP contribution in [-0.2, 0) is 16.0 Å². The molecule has 12 heteroatoms. The molecule has 1 aliphatic heterocycles. The Kier molecular flexibility index (Phi) is 10.9. The standard InChI is InChI=1S/C30H38N6O5S/c1-30(2,3)41-29(39)33-25-8-5-4-7-24(25)32-26(37)23-11-9-22(10-12-23)21-36(28(38)34-27-31-13-20-42-27)15-6-14-35-16-18-40-19-17-35/h4-5,7-13,20H,6,14-19,21H2,1-3H3,(H,32,37)(H,33,39)(H,31,34,38). The van der Waals surface area contributed by atoms with Crippen LogP contribution in [0, 0.1) is 0 Å². The van der Waals surface area contributed by atoms with Crippen LogP contribution < -0.4 is 16.0 Å². The van der Waals surface area contributed by atoms with E-state index in [-0.39, 0.29) is 11.9 Å². The summed E-state index contributed by atoms with van der Waals surface area (Å²) in [5, 5.41) is 10.8. The third-order valence-electron chi connectivity index (χ3n) is 6.34. The average molecular weight is 595 g/mol. The van der Waals surface area contributed by atoms with E-state index in [4.69, 9.17) is 9.47 Å². The van der Waals surface area contributed by atoms with Crippen LogP contribution in [0.5, 0.6) is 0 Å². The molecule has 4 rings (SSSR count). The number of carbonyl (C=O) groups excluding carboxylic acids is 3. The van der Waals surface area contributed by atoms with Gasteiger partial charge in [-0.15, -0.1) is 11.3 Å².